The summed E-state index contributed by atoms with van der Waals surface area (Å²) in [4.78, 5) is 26.1. The molecule has 5 heteroatoms. The molecule has 0 saturated carbocycles. The summed E-state index contributed by atoms with van der Waals surface area (Å²) >= 11 is 0. The lowest BCUT2D eigenvalue weighted by molar-refractivity contribution is 0.102. The molecule has 27 heavy (non-hydrogen) atoms. The van der Waals surface area contributed by atoms with Crippen LogP contribution in [0.15, 0.2) is 77.9 Å². The standard InChI is InChI=1S/C22H19N3O2/c1-15-13-25(17-11-7-4-8-12-17)22(27)19-18(14-24(2)20(15)19)21(26)23-16-9-5-3-6-10-16/h3-14H,1-2H3,(H,23,26). The molecule has 0 radical (unpaired) electrons. The van der Waals surface area contributed by atoms with Crippen molar-refractivity contribution in [1.82, 2.24) is 9.13 Å². The number of hydrogen-bond donors (Lipinski definition) is 1. The van der Waals surface area contributed by atoms with Gasteiger partial charge in [0, 0.05) is 30.8 Å². The van der Waals surface area contributed by atoms with E-state index in [0.717, 1.165) is 16.8 Å². The normalized spacial score (nSPS) is 10.9. The van der Waals surface area contributed by atoms with Gasteiger partial charge in [-0.05, 0) is 36.8 Å². The number of anilines is 1. The molecular formula is C22H19N3O2. The number of benzene rings is 2. The molecule has 0 aliphatic carbocycles. The molecule has 2 aromatic carbocycles. The number of aryl methyl sites for hydroxylation is 2. The summed E-state index contributed by atoms with van der Waals surface area (Å²) in [7, 11) is 1.85. The summed E-state index contributed by atoms with van der Waals surface area (Å²) in [5, 5.41) is 3.29. The fourth-order valence-electron chi connectivity index (χ4n) is 3.42. The summed E-state index contributed by atoms with van der Waals surface area (Å²) in [5.41, 5.74) is 3.32. The molecule has 0 spiro atoms. The van der Waals surface area contributed by atoms with E-state index >= 15 is 0 Å². The third-order valence-corrected chi connectivity index (χ3v) is 4.62. The van der Waals surface area contributed by atoms with Gasteiger partial charge in [-0.1, -0.05) is 36.4 Å². The number of para-hydroxylation sites is 2. The average Bonchev–Trinajstić information content (AvgIpc) is 3.04. The van der Waals surface area contributed by atoms with E-state index in [1.54, 1.807) is 10.8 Å². The first kappa shape index (κ1) is 16.8. The first-order valence-corrected chi connectivity index (χ1v) is 8.69. The zero-order valence-electron chi connectivity index (χ0n) is 15.1. The van der Waals surface area contributed by atoms with E-state index in [2.05, 4.69) is 5.32 Å². The molecule has 0 bridgehead atoms. The van der Waals surface area contributed by atoms with E-state index < -0.39 is 0 Å². The van der Waals surface area contributed by atoms with Gasteiger partial charge in [0.2, 0.25) is 0 Å². The largest absolute Gasteiger partial charge is 0.349 e. The quantitative estimate of drug-likeness (QED) is 0.605. The fraction of sp³-hybridized carbons (Fsp3) is 0.0909. The minimum atomic E-state index is -0.297. The topological polar surface area (TPSA) is 56.0 Å². The van der Waals surface area contributed by atoms with Gasteiger partial charge in [0.1, 0.15) is 0 Å². The van der Waals surface area contributed by atoms with Gasteiger partial charge in [-0.3, -0.25) is 14.2 Å². The number of carbonyl (C=O) groups is 1. The van der Waals surface area contributed by atoms with E-state index in [9.17, 15) is 9.59 Å². The maximum Gasteiger partial charge on any atom is 0.265 e. The van der Waals surface area contributed by atoms with Crippen molar-refractivity contribution in [3.8, 4) is 5.69 Å². The Bertz CT molecular complexity index is 1190. The average molecular weight is 357 g/mol. The van der Waals surface area contributed by atoms with E-state index in [0.29, 0.717) is 16.6 Å². The fourth-order valence-corrected chi connectivity index (χ4v) is 3.42. The highest BCUT2D eigenvalue weighted by Crippen LogP contribution is 2.23. The third kappa shape index (κ3) is 2.93. The van der Waals surface area contributed by atoms with Crippen LogP contribution in [-0.2, 0) is 7.05 Å². The Balaban J connectivity index is 1.91. The highest BCUT2D eigenvalue weighted by atomic mass is 16.2. The lowest BCUT2D eigenvalue weighted by Gasteiger charge is -2.10. The third-order valence-electron chi connectivity index (χ3n) is 4.62. The predicted molar refractivity (Wildman–Crippen MR) is 108 cm³/mol. The number of hydrogen-bond acceptors (Lipinski definition) is 2. The Morgan fingerprint density at radius 3 is 2.22 bits per heavy atom. The molecule has 1 amide bonds. The molecule has 0 unspecified atom stereocenters. The first-order valence-electron chi connectivity index (χ1n) is 8.69. The van der Waals surface area contributed by atoms with E-state index in [4.69, 9.17) is 0 Å². The van der Waals surface area contributed by atoms with Crippen molar-refractivity contribution in [3.63, 3.8) is 0 Å². The van der Waals surface area contributed by atoms with Crippen LogP contribution in [0.4, 0.5) is 5.69 Å². The molecule has 1 N–H and O–H groups in total. The highest BCUT2D eigenvalue weighted by molar-refractivity contribution is 6.13. The van der Waals surface area contributed by atoms with Crippen LogP contribution in [0.5, 0.6) is 0 Å². The maximum atomic E-state index is 13.2. The SMILES string of the molecule is Cc1cn(-c2ccccc2)c(=O)c2c(C(=O)Nc3ccccc3)cn(C)c12. The van der Waals surface area contributed by atoms with Gasteiger partial charge in [0.15, 0.2) is 0 Å². The van der Waals surface area contributed by atoms with Crippen molar-refractivity contribution in [2.24, 2.45) is 7.05 Å². The number of nitrogens with one attached hydrogen (secondary N) is 1. The molecule has 0 aliphatic rings. The van der Waals surface area contributed by atoms with Crippen molar-refractivity contribution in [3.05, 3.63) is 94.5 Å². The molecule has 4 rings (SSSR count). The van der Waals surface area contributed by atoms with Crippen LogP contribution >= 0.6 is 0 Å². The predicted octanol–water partition coefficient (Wildman–Crippen LogP) is 3.89. The van der Waals surface area contributed by atoms with Crippen molar-refractivity contribution < 1.29 is 4.79 Å². The molecule has 0 atom stereocenters. The van der Waals surface area contributed by atoms with E-state index in [-0.39, 0.29) is 11.5 Å². The van der Waals surface area contributed by atoms with E-state index in [1.165, 1.54) is 0 Å². The molecule has 0 fully saturated rings. The zero-order valence-corrected chi connectivity index (χ0v) is 15.1. The number of rotatable bonds is 3. The molecule has 134 valence electrons. The molecule has 2 heterocycles. The minimum Gasteiger partial charge on any atom is -0.349 e. The highest BCUT2D eigenvalue weighted by Gasteiger charge is 2.20. The second-order valence-corrected chi connectivity index (χ2v) is 6.52. The van der Waals surface area contributed by atoms with Crippen molar-refractivity contribution in [2.75, 3.05) is 5.32 Å². The second kappa shape index (κ2) is 6.61. The van der Waals surface area contributed by atoms with Crippen molar-refractivity contribution in [1.29, 1.82) is 0 Å². The minimum absolute atomic E-state index is 0.208. The van der Waals surface area contributed by atoms with Gasteiger partial charge in [-0.2, -0.15) is 0 Å². The Hall–Kier alpha value is -3.60. The molecule has 0 aliphatic heterocycles. The summed E-state index contributed by atoms with van der Waals surface area (Å²) in [6.07, 6.45) is 3.53. The lowest BCUT2D eigenvalue weighted by atomic mass is 10.1. The number of pyridine rings is 1. The van der Waals surface area contributed by atoms with Gasteiger partial charge in [-0.25, -0.2) is 0 Å². The number of nitrogens with zero attached hydrogens (tertiary/aromatic N) is 2. The van der Waals surface area contributed by atoms with Crippen LogP contribution < -0.4 is 10.9 Å². The molecular weight excluding hydrogens is 338 g/mol. The van der Waals surface area contributed by atoms with Crippen LogP contribution in [0.3, 0.4) is 0 Å². The summed E-state index contributed by atoms with van der Waals surface area (Å²) in [6.45, 7) is 1.94. The number of fused-ring (bicyclic) bond motifs is 1. The summed E-state index contributed by atoms with van der Waals surface area (Å²) < 4.78 is 3.43. The van der Waals surface area contributed by atoms with E-state index in [1.807, 2.05) is 85.4 Å². The van der Waals surface area contributed by atoms with Crippen molar-refractivity contribution >= 4 is 22.5 Å². The number of aromatic nitrogens is 2. The van der Waals surface area contributed by atoms with Gasteiger partial charge < -0.3 is 9.88 Å². The van der Waals surface area contributed by atoms with Crippen LogP contribution in [0.1, 0.15) is 15.9 Å². The monoisotopic (exact) mass is 357 g/mol. The van der Waals surface area contributed by atoms with Crippen LogP contribution in [0, 0.1) is 6.92 Å². The zero-order chi connectivity index (χ0) is 19.0. The van der Waals surface area contributed by atoms with Gasteiger partial charge in [0.25, 0.3) is 11.5 Å². The second-order valence-electron chi connectivity index (χ2n) is 6.52. The van der Waals surface area contributed by atoms with Gasteiger partial charge >= 0.3 is 0 Å². The van der Waals surface area contributed by atoms with Gasteiger partial charge in [0.05, 0.1) is 16.5 Å². The number of carbonyl (C=O) groups excluding carboxylic acids is 1. The van der Waals surface area contributed by atoms with Crippen LogP contribution in [0.2, 0.25) is 0 Å². The summed E-state index contributed by atoms with van der Waals surface area (Å²) in [6, 6.07) is 18.6. The molecule has 2 aromatic heterocycles. The number of amides is 1. The van der Waals surface area contributed by atoms with Crippen LogP contribution in [0.25, 0.3) is 16.6 Å². The Kier molecular flexibility index (Phi) is 4.12. The smallest absolute Gasteiger partial charge is 0.265 e. The lowest BCUT2D eigenvalue weighted by Crippen LogP contribution is -2.21. The molecule has 0 saturated heterocycles. The Morgan fingerprint density at radius 1 is 0.926 bits per heavy atom. The molecule has 5 nitrogen and oxygen atoms in total. The maximum absolute atomic E-state index is 13.2. The van der Waals surface area contributed by atoms with Crippen molar-refractivity contribution in [2.45, 2.75) is 6.92 Å². The molecule has 4 aromatic rings. The van der Waals surface area contributed by atoms with Gasteiger partial charge in [-0.15, -0.1) is 0 Å². The summed E-state index contributed by atoms with van der Waals surface area (Å²) in [5.74, 6) is -0.297. The Labute approximate surface area is 156 Å². The first-order chi connectivity index (χ1) is 13.1. The van der Waals surface area contributed by atoms with Crippen LogP contribution in [-0.4, -0.2) is 15.0 Å². The Morgan fingerprint density at radius 2 is 1.56 bits per heavy atom.